The van der Waals surface area contributed by atoms with Crippen molar-refractivity contribution < 1.29 is 15.0 Å². The maximum Gasteiger partial charge on any atom is 0.252 e. The minimum absolute atomic E-state index is 0.0407. The van der Waals surface area contributed by atoms with Gasteiger partial charge >= 0.3 is 0 Å². The number of aliphatic hydroxyl groups excluding tert-OH is 2. The summed E-state index contributed by atoms with van der Waals surface area (Å²) in [5.41, 5.74) is 0.635. The molecule has 0 radical (unpaired) electrons. The third kappa shape index (κ3) is 4.31. The molecule has 2 rings (SSSR count). The molecule has 1 saturated heterocycles. The van der Waals surface area contributed by atoms with E-state index in [0.29, 0.717) is 26.2 Å². The Kier molecular flexibility index (Phi) is 5.79. The predicted octanol–water partition coefficient (Wildman–Crippen LogP) is 1.27. The normalized spacial score (nSPS) is 19.4. The molecule has 5 nitrogen and oxygen atoms in total. The van der Waals surface area contributed by atoms with Crippen LogP contribution in [-0.2, 0) is 4.79 Å². The summed E-state index contributed by atoms with van der Waals surface area (Å²) in [5.74, 6) is -0.197. The number of hydrogen-bond donors (Lipinski definition) is 2. The number of aliphatic hydroxyl groups is 2. The maximum absolute atomic E-state index is 12.4. The summed E-state index contributed by atoms with van der Waals surface area (Å²) in [6.07, 6.45) is -0.975. The lowest BCUT2D eigenvalue weighted by molar-refractivity contribution is -0.148. The third-order valence-corrected chi connectivity index (χ3v) is 4.48. The van der Waals surface area contributed by atoms with Crippen LogP contribution in [0.1, 0.15) is 32.4 Å². The molecule has 2 atom stereocenters. The number of piperazine rings is 1. The Hall–Kier alpha value is -1.43. The zero-order valence-corrected chi connectivity index (χ0v) is 14.3. The molecule has 1 amide bonds. The van der Waals surface area contributed by atoms with Crippen LogP contribution >= 0.6 is 0 Å². The summed E-state index contributed by atoms with van der Waals surface area (Å²) >= 11 is 0. The third-order valence-electron chi connectivity index (χ3n) is 4.48. The van der Waals surface area contributed by atoms with Crippen molar-refractivity contribution in [2.24, 2.45) is 5.41 Å². The smallest absolute Gasteiger partial charge is 0.252 e. The lowest BCUT2D eigenvalue weighted by Gasteiger charge is -2.40. The number of amides is 1. The number of carbonyl (C=O) groups excluding carboxylic acids is 1. The lowest BCUT2D eigenvalue weighted by atomic mass is 9.88. The first-order chi connectivity index (χ1) is 10.8. The van der Waals surface area contributed by atoms with Crippen LogP contribution in [0.3, 0.4) is 0 Å². The van der Waals surface area contributed by atoms with Gasteiger partial charge in [-0.1, -0.05) is 51.1 Å². The summed E-state index contributed by atoms with van der Waals surface area (Å²) in [5, 5.41) is 19.9. The van der Waals surface area contributed by atoms with Gasteiger partial charge in [-0.3, -0.25) is 9.69 Å². The average Bonchev–Trinajstić information content (AvgIpc) is 2.55. The Morgan fingerprint density at radius 2 is 1.70 bits per heavy atom. The second-order valence-corrected chi connectivity index (χ2v) is 7.24. The van der Waals surface area contributed by atoms with E-state index >= 15 is 0 Å². The summed E-state index contributed by atoms with van der Waals surface area (Å²) in [6, 6.07) is 9.89. The van der Waals surface area contributed by atoms with E-state index < -0.39 is 11.5 Å². The van der Waals surface area contributed by atoms with Crippen LogP contribution < -0.4 is 0 Å². The molecule has 23 heavy (non-hydrogen) atoms. The van der Waals surface area contributed by atoms with E-state index in [0.717, 1.165) is 5.56 Å². The van der Waals surface area contributed by atoms with Crippen molar-refractivity contribution in [3.8, 4) is 0 Å². The molecule has 1 aliphatic rings. The SMILES string of the molecule is CC(C)(C)C(O)C(=O)N1CCN(C(CO)c2ccccc2)CC1. The van der Waals surface area contributed by atoms with Gasteiger partial charge in [-0.05, 0) is 11.0 Å². The van der Waals surface area contributed by atoms with Crippen molar-refractivity contribution in [2.45, 2.75) is 32.9 Å². The molecule has 1 fully saturated rings. The first kappa shape index (κ1) is 17.9. The largest absolute Gasteiger partial charge is 0.394 e. The van der Waals surface area contributed by atoms with Crippen molar-refractivity contribution in [3.05, 3.63) is 35.9 Å². The van der Waals surface area contributed by atoms with E-state index in [9.17, 15) is 15.0 Å². The fourth-order valence-electron chi connectivity index (χ4n) is 2.90. The van der Waals surface area contributed by atoms with E-state index in [-0.39, 0.29) is 18.6 Å². The van der Waals surface area contributed by atoms with Crippen molar-refractivity contribution in [1.82, 2.24) is 9.80 Å². The number of hydrogen-bond acceptors (Lipinski definition) is 4. The molecule has 1 heterocycles. The number of nitrogens with zero attached hydrogens (tertiary/aromatic N) is 2. The molecular weight excluding hydrogens is 292 g/mol. The van der Waals surface area contributed by atoms with Crippen molar-refractivity contribution in [1.29, 1.82) is 0 Å². The van der Waals surface area contributed by atoms with Gasteiger partial charge < -0.3 is 15.1 Å². The zero-order valence-electron chi connectivity index (χ0n) is 14.3. The molecule has 0 aromatic heterocycles. The minimum Gasteiger partial charge on any atom is -0.394 e. The first-order valence-electron chi connectivity index (χ1n) is 8.21. The van der Waals surface area contributed by atoms with Gasteiger partial charge in [0, 0.05) is 26.2 Å². The fraction of sp³-hybridized carbons (Fsp3) is 0.611. The minimum atomic E-state index is -0.975. The zero-order chi connectivity index (χ0) is 17.0. The highest BCUT2D eigenvalue weighted by Gasteiger charge is 2.34. The molecule has 0 aliphatic carbocycles. The molecular formula is C18H28N2O3. The fourth-order valence-corrected chi connectivity index (χ4v) is 2.90. The Morgan fingerprint density at radius 3 is 2.17 bits per heavy atom. The lowest BCUT2D eigenvalue weighted by Crippen LogP contribution is -2.54. The topological polar surface area (TPSA) is 64.0 Å². The summed E-state index contributed by atoms with van der Waals surface area (Å²) in [7, 11) is 0. The van der Waals surface area contributed by atoms with Crippen molar-refractivity contribution in [3.63, 3.8) is 0 Å². The van der Waals surface area contributed by atoms with Crippen molar-refractivity contribution >= 4 is 5.91 Å². The van der Waals surface area contributed by atoms with E-state index in [1.165, 1.54) is 0 Å². The molecule has 0 bridgehead atoms. The van der Waals surface area contributed by atoms with Gasteiger partial charge in [-0.2, -0.15) is 0 Å². The van der Waals surface area contributed by atoms with Crippen LogP contribution in [0, 0.1) is 5.41 Å². The van der Waals surface area contributed by atoms with Gasteiger partial charge in [-0.15, -0.1) is 0 Å². The average molecular weight is 320 g/mol. The number of benzene rings is 1. The van der Waals surface area contributed by atoms with E-state index in [2.05, 4.69) is 4.90 Å². The van der Waals surface area contributed by atoms with Gasteiger partial charge in [0.15, 0.2) is 0 Å². The first-order valence-corrected chi connectivity index (χ1v) is 8.21. The van der Waals surface area contributed by atoms with E-state index in [1.54, 1.807) is 4.90 Å². The molecule has 5 heteroatoms. The Bertz CT molecular complexity index is 505. The highest BCUT2D eigenvalue weighted by Crippen LogP contribution is 2.24. The second kappa shape index (κ2) is 7.43. The number of carbonyl (C=O) groups is 1. The highest BCUT2D eigenvalue weighted by molar-refractivity contribution is 5.81. The van der Waals surface area contributed by atoms with Crippen LogP contribution in [0.25, 0.3) is 0 Å². The van der Waals surface area contributed by atoms with Crippen LogP contribution in [0.15, 0.2) is 30.3 Å². The molecule has 1 aromatic rings. The quantitative estimate of drug-likeness (QED) is 0.877. The molecule has 2 N–H and O–H groups in total. The maximum atomic E-state index is 12.4. The number of rotatable bonds is 4. The summed E-state index contributed by atoms with van der Waals surface area (Å²) in [4.78, 5) is 16.3. The molecule has 0 spiro atoms. The highest BCUT2D eigenvalue weighted by atomic mass is 16.3. The van der Waals surface area contributed by atoms with Crippen LogP contribution in [0.2, 0.25) is 0 Å². The van der Waals surface area contributed by atoms with E-state index in [4.69, 9.17) is 0 Å². The molecule has 1 aliphatic heterocycles. The van der Waals surface area contributed by atoms with Crippen LogP contribution in [0.5, 0.6) is 0 Å². The van der Waals surface area contributed by atoms with Gasteiger partial charge in [0.2, 0.25) is 0 Å². The predicted molar refractivity (Wildman–Crippen MR) is 89.9 cm³/mol. The molecule has 128 valence electrons. The Morgan fingerprint density at radius 1 is 1.13 bits per heavy atom. The molecule has 1 aromatic carbocycles. The van der Waals surface area contributed by atoms with E-state index in [1.807, 2.05) is 51.1 Å². The molecule has 0 saturated carbocycles. The summed E-state index contributed by atoms with van der Waals surface area (Å²) in [6.45, 7) is 8.20. The van der Waals surface area contributed by atoms with Gasteiger partial charge in [0.1, 0.15) is 6.10 Å². The monoisotopic (exact) mass is 320 g/mol. The molecule has 2 unspecified atom stereocenters. The Balaban J connectivity index is 1.97. The summed E-state index contributed by atoms with van der Waals surface area (Å²) < 4.78 is 0. The standard InChI is InChI=1S/C18H28N2O3/c1-18(2,3)16(22)17(23)20-11-9-19(10-12-20)15(13-21)14-7-5-4-6-8-14/h4-8,15-16,21-22H,9-13H2,1-3H3. The van der Waals surface area contributed by atoms with Crippen LogP contribution in [0.4, 0.5) is 0 Å². The van der Waals surface area contributed by atoms with Gasteiger partial charge in [0.25, 0.3) is 5.91 Å². The van der Waals surface area contributed by atoms with Gasteiger partial charge in [-0.25, -0.2) is 0 Å². The van der Waals surface area contributed by atoms with Crippen LogP contribution in [-0.4, -0.2) is 64.8 Å². The Labute approximate surface area is 138 Å². The van der Waals surface area contributed by atoms with Crippen molar-refractivity contribution in [2.75, 3.05) is 32.8 Å². The van der Waals surface area contributed by atoms with Gasteiger partial charge in [0.05, 0.1) is 12.6 Å². The second-order valence-electron chi connectivity index (χ2n) is 7.24.